The van der Waals surface area contributed by atoms with Crippen LogP contribution in [0.3, 0.4) is 0 Å². The average Bonchev–Trinajstić information content (AvgIpc) is 3.57. The minimum Gasteiger partial charge on any atom is -0.352 e. The molecule has 0 atom stereocenters. The standard InChI is InChI=1S/C34H40N6O2/c1-2-3-18-36-34(42)38-31-15-14-29(40-22-19-35-25-40)23-30(31)33(41)37-24-26-16-20-39(21-17-26)32(27-10-6-4-7-11-27)28-12-8-5-9-13-28/h4-15,19,22-23,25-26,32H,2-3,16-18,20-21,24H2,1H3,(H,37,41)(H2,36,38,42). The molecule has 8 nitrogen and oxygen atoms in total. The molecule has 0 bridgehead atoms. The van der Waals surface area contributed by atoms with Crippen molar-refractivity contribution >= 4 is 17.6 Å². The van der Waals surface area contributed by atoms with Crippen LogP contribution in [0.4, 0.5) is 10.5 Å². The number of nitrogens with zero attached hydrogens (tertiary/aromatic N) is 3. The van der Waals surface area contributed by atoms with Gasteiger partial charge in [-0.2, -0.15) is 0 Å². The lowest BCUT2D eigenvalue weighted by Crippen LogP contribution is -2.40. The number of rotatable bonds is 11. The maximum absolute atomic E-state index is 13.5. The Kier molecular flexibility index (Phi) is 10.0. The summed E-state index contributed by atoms with van der Waals surface area (Å²) in [5.74, 6) is 0.178. The van der Waals surface area contributed by atoms with Crippen LogP contribution in [0.15, 0.2) is 97.6 Å². The molecule has 42 heavy (non-hydrogen) atoms. The molecule has 1 aromatic heterocycles. The lowest BCUT2D eigenvalue weighted by Gasteiger charge is -2.38. The number of piperidine rings is 1. The molecule has 3 amide bonds. The fraction of sp³-hybridized carbons (Fsp3) is 0.324. The Morgan fingerprint density at radius 2 is 1.62 bits per heavy atom. The van der Waals surface area contributed by atoms with Crippen molar-refractivity contribution in [3.63, 3.8) is 0 Å². The van der Waals surface area contributed by atoms with Gasteiger partial charge in [-0.15, -0.1) is 0 Å². The number of imidazole rings is 1. The summed E-state index contributed by atoms with van der Waals surface area (Å²) in [6.07, 6.45) is 9.09. The number of unbranched alkanes of at least 4 members (excludes halogenated alkanes) is 1. The van der Waals surface area contributed by atoms with E-state index < -0.39 is 0 Å². The van der Waals surface area contributed by atoms with Crippen molar-refractivity contribution in [1.29, 1.82) is 0 Å². The zero-order valence-corrected chi connectivity index (χ0v) is 24.2. The zero-order valence-electron chi connectivity index (χ0n) is 24.2. The van der Waals surface area contributed by atoms with Crippen LogP contribution < -0.4 is 16.0 Å². The highest BCUT2D eigenvalue weighted by atomic mass is 16.2. The first-order chi connectivity index (χ1) is 20.6. The SMILES string of the molecule is CCCCNC(=O)Nc1ccc(-n2ccnc2)cc1C(=O)NCC1CCN(C(c2ccccc2)c2ccccc2)CC1. The van der Waals surface area contributed by atoms with Crippen molar-refractivity contribution in [3.8, 4) is 5.69 Å². The zero-order chi connectivity index (χ0) is 29.1. The van der Waals surface area contributed by atoms with E-state index in [1.165, 1.54) is 11.1 Å². The first-order valence-electron chi connectivity index (χ1n) is 14.9. The van der Waals surface area contributed by atoms with Gasteiger partial charge in [0.05, 0.1) is 23.6 Å². The fourth-order valence-corrected chi connectivity index (χ4v) is 5.58. The monoisotopic (exact) mass is 564 g/mol. The quantitative estimate of drug-likeness (QED) is 0.194. The Hall–Kier alpha value is -4.43. The second-order valence-corrected chi connectivity index (χ2v) is 10.8. The minimum absolute atomic E-state index is 0.199. The molecule has 218 valence electrons. The number of carbonyl (C=O) groups excluding carboxylic acids is 2. The molecular weight excluding hydrogens is 524 g/mol. The number of aromatic nitrogens is 2. The molecule has 0 unspecified atom stereocenters. The van der Waals surface area contributed by atoms with E-state index in [1.54, 1.807) is 24.7 Å². The van der Waals surface area contributed by atoms with Crippen molar-refractivity contribution in [1.82, 2.24) is 25.1 Å². The van der Waals surface area contributed by atoms with Gasteiger partial charge in [-0.1, -0.05) is 74.0 Å². The van der Waals surface area contributed by atoms with Gasteiger partial charge in [0.25, 0.3) is 5.91 Å². The van der Waals surface area contributed by atoms with E-state index in [9.17, 15) is 9.59 Å². The van der Waals surface area contributed by atoms with Crippen molar-refractivity contribution in [3.05, 3.63) is 114 Å². The smallest absolute Gasteiger partial charge is 0.319 e. The molecule has 0 radical (unpaired) electrons. The molecule has 8 heteroatoms. The fourth-order valence-electron chi connectivity index (χ4n) is 5.58. The maximum atomic E-state index is 13.5. The molecule has 0 saturated carbocycles. The summed E-state index contributed by atoms with van der Waals surface area (Å²) in [7, 11) is 0. The lowest BCUT2D eigenvalue weighted by atomic mass is 9.91. The third-order valence-electron chi connectivity index (χ3n) is 7.91. The molecule has 3 N–H and O–H groups in total. The van der Waals surface area contributed by atoms with E-state index in [4.69, 9.17) is 0 Å². The van der Waals surface area contributed by atoms with E-state index in [-0.39, 0.29) is 18.0 Å². The summed E-state index contributed by atoms with van der Waals surface area (Å²) in [6.45, 7) is 5.16. The molecule has 1 saturated heterocycles. The second kappa shape index (κ2) is 14.5. The number of carbonyl (C=O) groups is 2. The van der Waals surface area contributed by atoms with Crippen LogP contribution in [-0.4, -0.2) is 52.6 Å². The van der Waals surface area contributed by atoms with E-state index in [0.29, 0.717) is 30.3 Å². The van der Waals surface area contributed by atoms with Crippen molar-refractivity contribution in [2.24, 2.45) is 5.92 Å². The number of benzene rings is 3. The summed E-state index contributed by atoms with van der Waals surface area (Å²) in [5.41, 5.74) is 4.31. The van der Waals surface area contributed by atoms with Gasteiger partial charge < -0.3 is 20.5 Å². The van der Waals surface area contributed by atoms with Gasteiger partial charge in [0.2, 0.25) is 0 Å². The molecule has 0 spiro atoms. The summed E-state index contributed by atoms with van der Waals surface area (Å²) >= 11 is 0. The third kappa shape index (κ3) is 7.44. The van der Waals surface area contributed by atoms with E-state index in [0.717, 1.165) is 44.5 Å². The van der Waals surface area contributed by atoms with Crippen LogP contribution in [0.1, 0.15) is 60.1 Å². The van der Waals surface area contributed by atoms with Crippen LogP contribution >= 0.6 is 0 Å². The summed E-state index contributed by atoms with van der Waals surface area (Å²) in [4.78, 5) is 32.7. The van der Waals surface area contributed by atoms with Crippen molar-refractivity contribution < 1.29 is 9.59 Å². The van der Waals surface area contributed by atoms with Crippen molar-refractivity contribution in [2.75, 3.05) is 31.5 Å². The Morgan fingerprint density at radius 3 is 2.24 bits per heavy atom. The van der Waals surface area contributed by atoms with Crippen LogP contribution in [0.2, 0.25) is 0 Å². The van der Waals surface area contributed by atoms with Gasteiger partial charge >= 0.3 is 6.03 Å². The van der Waals surface area contributed by atoms with Crippen LogP contribution in [0.25, 0.3) is 5.69 Å². The molecule has 4 aromatic rings. The number of hydrogen-bond acceptors (Lipinski definition) is 4. The van der Waals surface area contributed by atoms with Gasteiger partial charge in [-0.3, -0.25) is 9.69 Å². The molecule has 1 aliphatic rings. The molecule has 0 aliphatic carbocycles. The predicted molar refractivity (Wildman–Crippen MR) is 167 cm³/mol. The number of urea groups is 1. The Balaban J connectivity index is 1.23. The number of amides is 3. The van der Waals surface area contributed by atoms with Crippen LogP contribution in [-0.2, 0) is 0 Å². The predicted octanol–water partition coefficient (Wildman–Crippen LogP) is 6.03. The molecular formula is C34H40N6O2. The Morgan fingerprint density at radius 1 is 0.929 bits per heavy atom. The van der Waals surface area contributed by atoms with E-state index in [1.807, 2.05) is 16.8 Å². The summed E-state index contributed by atoms with van der Waals surface area (Å²) < 4.78 is 1.84. The topological polar surface area (TPSA) is 91.3 Å². The van der Waals surface area contributed by atoms with Gasteiger partial charge in [0, 0.05) is 31.2 Å². The molecule has 1 fully saturated rings. The third-order valence-corrected chi connectivity index (χ3v) is 7.91. The number of likely N-dealkylation sites (tertiary alicyclic amines) is 1. The van der Waals surface area contributed by atoms with Gasteiger partial charge in [0.1, 0.15) is 0 Å². The maximum Gasteiger partial charge on any atom is 0.319 e. The number of anilines is 1. The highest BCUT2D eigenvalue weighted by Gasteiger charge is 2.28. The lowest BCUT2D eigenvalue weighted by molar-refractivity contribution is 0.0931. The average molecular weight is 565 g/mol. The first-order valence-corrected chi connectivity index (χ1v) is 14.9. The molecule has 1 aliphatic heterocycles. The normalized spacial score (nSPS) is 14.0. The summed E-state index contributed by atoms with van der Waals surface area (Å²) in [5, 5.41) is 8.89. The summed E-state index contributed by atoms with van der Waals surface area (Å²) in [6, 6.07) is 26.7. The highest BCUT2D eigenvalue weighted by molar-refractivity contribution is 6.04. The van der Waals surface area contributed by atoms with E-state index in [2.05, 4.69) is 93.4 Å². The van der Waals surface area contributed by atoms with Crippen LogP contribution in [0, 0.1) is 5.92 Å². The first kappa shape index (κ1) is 29.1. The Bertz CT molecular complexity index is 1380. The number of nitrogens with one attached hydrogen (secondary N) is 3. The largest absolute Gasteiger partial charge is 0.352 e. The molecule has 2 heterocycles. The van der Waals surface area contributed by atoms with Crippen molar-refractivity contribution in [2.45, 2.75) is 38.6 Å². The number of hydrogen-bond donors (Lipinski definition) is 3. The van der Waals surface area contributed by atoms with Gasteiger partial charge in [0.15, 0.2) is 0 Å². The second-order valence-electron chi connectivity index (χ2n) is 10.8. The van der Waals surface area contributed by atoms with Gasteiger partial charge in [-0.25, -0.2) is 9.78 Å². The highest BCUT2D eigenvalue weighted by Crippen LogP contribution is 2.32. The minimum atomic E-state index is -0.313. The Labute approximate surface area is 248 Å². The van der Waals surface area contributed by atoms with Gasteiger partial charge in [-0.05, 0) is 67.6 Å². The van der Waals surface area contributed by atoms with E-state index >= 15 is 0 Å². The molecule has 3 aromatic carbocycles. The van der Waals surface area contributed by atoms with Crippen LogP contribution in [0.5, 0.6) is 0 Å². The molecule has 5 rings (SSSR count).